The summed E-state index contributed by atoms with van der Waals surface area (Å²) in [6.07, 6.45) is 0. The van der Waals surface area contributed by atoms with Crippen molar-refractivity contribution in [3.8, 4) is 11.5 Å². The van der Waals surface area contributed by atoms with E-state index in [-0.39, 0.29) is 11.5 Å². The predicted molar refractivity (Wildman–Crippen MR) is 56.6 cm³/mol. The SMILES string of the molecule is Oc1ccc2c(O)cccc2c1P. The van der Waals surface area contributed by atoms with Crippen molar-refractivity contribution in [3.63, 3.8) is 0 Å². The van der Waals surface area contributed by atoms with Crippen LogP contribution >= 0.6 is 9.24 Å². The van der Waals surface area contributed by atoms with E-state index >= 15 is 0 Å². The molecule has 0 fully saturated rings. The lowest BCUT2D eigenvalue weighted by Gasteiger charge is -2.05. The van der Waals surface area contributed by atoms with E-state index in [1.165, 1.54) is 0 Å². The molecule has 0 radical (unpaired) electrons. The number of benzene rings is 2. The molecule has 0 aliphatic heterocycles. The Morgan fingerprint density at radius 3 is 2.38 bits per heavy atom. The Morgan fingerprint density at radius 2 is 1.62 bits per heavy atom. The van der Waals surface area contributed by atoms with Crippen LogP contribution in [0.15, 0.2) is 30.3 Å². The van der Waals surface area contributed by atoms with Crippen LogP contribution in [0.5, 0.6) is 11.5 Å². The standard InChI is InChI=1S/C10H9O2P/c11-8-3-1-2-7-6(8)4-5-9(12)10(7)13/h1-5,11-12H,13H2. The maximum Gasteiger partial charge on any atom is 0.123 e. The third kappa shape index (κ3) is 1.24. The molecule has 2 rings (SSSR count). The van der Waals surface area contributed by atoms with E-state index in [1.54, 1.807) is 24.3 Å². The van der Waals surface area contributed by atoms with Crippen LogP contribution in [0.25, 0.3) is 10.8 Å². The van der Waals surface area contributed by atoms with Gasteiger partial charge in [-0.2, -0.15) is 0 Å². The Hall–Kier alpha value is -1.27. The number of fused-ring (bicyclic) bond motifs is 1. The van der Waals surface area contributed by atoms with Gasteiger partial charge in [-0.25, -0.2) is 0 Å². The first-order valence-electron chi connectivity index (χ1n) is 3.89. The zero-order valence-electron chi connectivity index (χ0n) is 6.86. The zero-order chi connectivity index (χ0) is 9.42. The second-order valence-corrected chi connectivity index (χ2v) is 3.45. The highest BCUT2D eigenvalue weighted by atomic mass is 31.0. The summed E-state index contributed by atoms with van der Waals surface area (Å²) in [4.78, 5) is 0. The lowest BCUT2D eigenvalue weighted by atomic mass is 10.1. The highest BCUT2D eigenvalue weighted by Gasteiger charge is 2.04. The van der Waals surface area contributed by atoms with Gasteiger partial charge in [-0.3, -0.25) is 0 Å². The van der Waals surface area contributed by atoms with Gasteiger partial charge in [-0.15, -0.1) is 9.24 Å². The van der Waals surface area contributed by atoms with Crippen LogP contribution in [0.1, 0.15) is 0 Å². The van der Waals surface area contributed by atoms with Crippen molar-refractivity contribution in [2.75, 3.05) is 0 Å². The van der Waals surface area contributed by atoms with Gasteiger partial charge in [0.15, 0.2) is 0 Å². The Balaban J connectivity index is 2.94. The molecule has 0 bridgehead atoms. The molecule has 2 nitrogen and oxygen atoms in total. The minimum atomic E-state index is 0.225. The molecule has 0 saturated carbocycles. The third-order valence-corrected chi connectivity index (χ3v) is 2.66. The van der Waals surface area contributed by atoms with Crippen molar-refractivity contribution in [3.05, 3.63) is 30.3 Å². The summed E-state index contributed by atoms with van der Waals surface area (Å²) in [6, 6.07) is 8.52. The molecule has 3 heteroatoms. The van der Waals surface area contributed by atoms with Gasteiger partial charge in [0.25, 0.3) is 0 Å². The highest BCUT2D eigenvalue weighted by molar-refractivity contribution is 7.28. The maximum absolute atomic E-state index is 9.50. The van der Waals surface area contributed by atoms with Crippen LogP contribution in [-0.4, -0.2) is 10.2 Å². The van der Waals surface area contributed by atoms with E-state index in [0.717, 1.165) is 10.8 Å². The van der Waals surface area contributed by atoms with E-state index < -0.39 is 0 Å². The first-order chi connectivity index (χ1) is 6.20. The van der Waals surface area contributed by atoms with Crippen LogP contribution < -0.4 is 5.30 Å². The van der Waals surface area contributed by atoms with Gasteiger partial charge in [0, 0.05) is 10.7 Å². The topological polar surface area (TPSA) is 40.5 Å². The van der Waals surface area contributed by atoms with Crippen molar-refractivity contribution < 1.29 is 10.2 Å². The number of phenols is 2. The molecule has 1 unspecified atom stereocenters. The lowest BCUT2D eigenvalue weighted by Crippen LogP contribution is -1.93. The van der Waals surface area contributed by atoms with Gasteiger partial charge in [-0.1, -0.05) is 12.1 Å². The molecular formula is C10H9O2P. The smallest absolute Gasteiger partial charge is 0.123 e. The Morgan fingerprint density at radius 1 is 0.846 bits per heavy atom. The number of aromatic hydroxyl groups is 2. The quantitative estimate of drug-likeness (QED) is 0.624. The summed E-state index contributed by atoms with van der Waals surface area (Å²) < 4.78 is 0. The van der Waals surface area contributed by atoms with E-state index in [1.807, 2.05) is 6.07 Å². The minimum absolute atomic E-state index is 0.225. The largest absolute Gasteiger partial charge is 0.507 e. The van der Waals surface area contributed by atoms with Crippen molar-refractivity contribution in [1.82, 2.24) is 0 Å². The van der Waals surface area contributed by atoms with E-state index in [0.29, 0.717) is 5.30 Å². The summed E-state index contributed by atoms with van der Waals surface area (Å²) in [5.41, 5.74) is 0. The van der Waals surface area contributed by atoms with Crippen LogP contribution in [-0.2, 0) is 0 Å². The maximum atomic E-state index is 9.50. The molecule has 13 heavy (non-hydrogen) atoms. The summed E-state index contributed by atoms with van der Waals surface area (Å²) in [7, 11) is 2.46. The first kappa shape index (κ1) is 8.33. The molecule has 2 aromatic carbocycles. The average molecular weight is 192 g/mol. The Labute approximate surface area is 78.0 Å². The Bertz CT molecular complexity index is 466. The van der Waals surface area contributed by atoms with Crippen molar-refractivity contribution >= 4 is 25.3 Å². The second-order valence-electron chi connectivity index (χ2n) is 2.87. The fraction of sp³-hybridized carbons (Fsp3) is 0. The molecule has 66 valence electrons. The number of hydrogen-bond acceptors (Lipinski definition) is 2. The van der Waals surface area contributed by atoms with Crippen LogP contribution in [0.3, 0.4) is 0 Å². The first-order valence-corrected chi connectivity index (χ1v) is 4.47. The third-order valence-electron chi connectivity index (χ3n) is 2.06. The molecule has 0 aliphatic carbocycles. The molecule has 2 aromatic rings. The van der Waals surface area contributed by atoms with Crippen LogP contribution in [0, 0.1) is 0 Å². The monoisotopic (exact) mass is 192 g/mol. The minimum Gasteiger partial charge on any atom is -0.507 e. The van der Waals surface area contributed by atoms with Crippen molar-refractivity contribution in [2.45, 2.75) is 0 Å². The number of rotatable bonds is 0. The number of phenolic OH excluding ortho intramolecular Hbond substituents is 2. The van der Waals surface area contributed by atoms with Gasteiger partial charge >= 0.3 is 0 Å². The fourth-order valence-electron chi connectivity index (χ4n) is 1.35. The normalized spacial score (nSPS) is 10.5. The molecule has 1 atom stereocenters. The molecule has 0 amide bonds. The second kappa shape index (κ2) is 2.90. The van der Waals surface area contributed by atoms with E-state index in [9.17, 15) is 10.2 Å². The van der Waals surface area contributed by atoms with E-state index in [2.05, 4.69) is 9.24 Å². The van der Waals surface area contributed by atoms with Crippen molar-refractivity contribution in [1.29, 1.82) is 0 Å². The zero-order valence-corrected chi connectivity index (χ0v) is 8.01. The van der Waals surface area contributed by atoms with Gasteiger partial charge in [0.2, 0.25) is 0 Å². The molecule has 0 aromatic heterocycles. The van der Waals surface area contributed by atoms with Crippen LogP contribution in [0.4, 0.5) is 0 Å². The van der Waals surface area contributed by atoms with Gasteiger partial charge < -0.3 is 10.2 Å². The molecule has 0 saturated heterocycles. The molecule has 0 spiro atoms. The van der Waals surface area contributed by atoms with Gasteiger partial charge in [0.05, 0.1) is 0 Å². The molecule has 2 N–H and O–H groups in total. The summed E-state index contributed by atoms with van der Waals surface area (Å²) in [5.74, 6) is 0.462. The van der Waals surface area contributed by atoms with Gasteiger partial charge in [-0.05, 0) is 23.6 Å². The fourth-order valence-corrected chi connectivity index (χ4v) is 1.70. The average Bonchev–Trinajstić information content (AvgIpc) is 2.12. The van der Waals surface area contributed by atoms with Crippen molar-refractivity contribution in [2.24, 2.45) is 0 Å². The summed E-state index contributed by atoms with van der Waals surface area (Å²) in [6.45, 7) is 0. The summed E-state index contributed by atoms with van der Waals surface area (Å²) in [5, 5.41) is 21.2. The van der Waals surface area contributed by atoms with E-state index in [4.69, 9.17) is 0 Å². The highest BCUT2D eigenvalue weighted by Crippen LogP contribution is 2.26. The summed E-state index contributed by atoms with van der Waals surface area (Å²) >= 11 is 0. The molecule has 0 heterocycles. The molecular weight excluding hydrogens is 183 g/mol. The predicted octanol–water partition coefficient (Wildman–Crippen LogP) is 1.75. The van der Waals surface area contributed by atoms with Gasteiger partial charge in [0.1, 0.15) is 11.5 Å². The Kier molecular flexibility index (Phi) is 1.86. The molecule has 0 aliphatic rings. The number of hydrogen-bond donors (Lipinski definition) is 2. The lowest BCUT2D eigenvalue weighted by molar-refractivity contribution is 0.478. The van der Waals surface area contributed by atoms with Crippen LogP contribution in [0.2, 0.25) is 0 Å².